The normalized spacial score (nSPS) is 22.0. The van der Waals surface area contributed by atoms with Gasteiger partial charge in [0, 0.05) is 19.3 Å². The topological polar surface area (TPSA) is 92.3 Å². The third kappa shape index (κ3) is 4.48. The predicted octanol–water partition coefficient (Wildman–Crippen LogP) is 0.0383. The van der Waals surface area contributed by atoms with E-state index in [0.29, 0.717) is 19.3 Å². The van der Waals surface area contributed by atoms with Gasteiger partial charge in [-0.3, -0.25) is 29.8 Å². The summed E-state index contributed by atoms with van der Waals surface area (Å²) >= 11 is 0. The molecule has 2 fully saturated rings. The molecule has 6 heteroatoms. The standard InChI is InChI=1S/C8H11NO2.C4H5NO2/c1-5(2)3-6-4-7(10)9-8(6)11;6-3-1-2-4(7)5-3/h3,6H,4H2,1-2H3,(H,9,10,11);1-2H2,(H,5,6,7). The Kier molecular flexibility index (Phi) is 4.76. The summed E-state index contributed by atoms with van der Waals surface area (Å²) in [4.78, 5) is 41.9. The molecule has 2 aliphatic heterocycles. The average molecular weight is 252 g/mol. The van der Waals surface area contributed by atoms with Gasteiger partial charge in [-0.1, -0.05) is 11.6 Å². The van der Waals surface area contributed by atoms with E-state index in [1.165, 1.54) is 0 Å². The van der Waals surface area contributed by atoms with Crippen LogP contribution in [0.5, 0.6) is 0 Å². The van der Waals surface area contributed by atoms with Crippen LogP contribution in [0.15, 0.2) is 11.6 Å². The molecule has 0 spiro atoms. The fourth-order valence-corrected chi connectivity index (χ4v) is 1.62. The number of carbonyl (C=O) groups excluding carboxylic acids is 4. The molecule has 98 valence electrons. The Balaban J connectivity index is 0.000000199. The van der Waals surface area contributed by atoms with Crippen LogP contribution in [0, 0.1) is 5.92 Å². The Bertz CT molecular complexity index is 408. The number of carbonyl (C=O) groups is 4. The largest absolute Gasteiger partial charge is 0.296 e. The SMILES string of the molecule is CC(C)=CC1CC(=O)NC1=O.O=C1CCC(=O)N1. The van der Waals surface area contributed by atoms with Crippen molar-refractivity contribution >= 4 is 23.6 Å². The molecule has 4 amide bonds. The molecule has 2 saturated heterocycles. The minimum Gasteiger partial charge on any atom is -0.296 e. The Morgan fingerprint density at radius 2 is 1.56 bits per heavy atom. The van der Waals surface area contributed by atoms with Crippen molar-refractivity contribution in [3.63, 3.8) is 0 Å². The molecule has 0 radical (unpaired) electrons. The molecule has 2 heterocycles. The van der Waals surface area contributed by atoms with Gasteiger partial charge in [0.15, 0.2) is 0 Å². The first-order valence-electron chi connectivity index (χ1n) is 5.70. The summed E-state index contributed by atoms with van der Waals surface area (Å²) in [7, 11) is 0. The number of hydrogen-bond acceptors (Lipinski definition) is 4. The highest BCUT2D eigenvalue weighted by Gasteiger charge is 2.28. The first kappa shape index (κ1) is 14.1. The molecule has 1 atom stereocenters. The van der Waals surface area contributed by atoms with Crippen LogP contribution < -0.4 is 10.6 Å². The molecule has 0 bridgehead atoms. The first-order valence-corrected chi connectivity index (χ1v) is 5.70. The summed E-state index contributed by atoms with van der Waals surface area (Å²) in [5, 5.41) is 4.39. The van der Waals surface area contributed by atoms with E-state index in [-0.39, 0.29) is 29.5 Å². The van der Waals surface area contributed by atoms with E-state index in [0.717, 1.165) is 5.57 Å². The zero-order valence-corrected chi connectivity index (χ0v) is 10.4. The molecule has 18 heavy (non-hydrogen) atoms. The summed E-state index contributed by atoms with van der Waals surface area (Å²) in [5.74, 6) is -0.865. The van der Waals surface area contributed by atoms with E-state index in [9.17, 15) is 19.2 Å². The van der Waals surface area contributed by atoms with Gasteiger partial charge in [0.2, 0.25) is 23.6 Å². The van der Waals surface area contributed by atoms with E-state index in [1.807, 2.05) is 19.9 Å². The number of nitrogens with one attached hydrogen (secondary N) is 2. The van der Waals surface area contributed by atoms with E-state index in [1.54, 1.807) is 0 Å². The lowest BCUT2D eigenvalue weighted by atomic mass is 10.1. The smallest absolute Gasteiger partial charge is 0.234 e. The van der Waals surface area contributed by atoms with E-state index < -0.39 is 0 Å². The van der Waals surface area contributed by atoms with E-state index >= 15 is 0 Å². The molecule has 0 aromatic heterocycles. The van der Waals surface area contributed by atoms with Crippen molar-refractivity contribution in [1.29, 1.82) is 0 Å². The second-order valence-corrected chi connectivity index (χ2v) is 4.44. The van der Waals surface area contributed by atoms with Crippen molar-refractivity contribution in [3.8, 4) is 0 Å². The highest BCUT2D eigenvalue weighted by molar-refractivity contribution is 6.04. The Labute approximate surface area is 105 Å². The fourth-order valence-electron chi connectivity index (χ4n) is 1.62. The van der Waals surface area contributed by atoms with Gasteiger partial charge in [-0.2, -0.15) is 0 Å². The van der Waals surface area contributed by atoms with Crippen LogP contribution in [-0.4, -0.2) is 23.6 Å². The number of rotatable bonds is 1. The number of hydrogen-bond donors (Lipinski definition) is 2. The monoisotopic (exact) mass is 252 g/mol. The van der Waals surface area contributed by atoms with Crippen LogP contribution in [0.25, 0.3) is 0 Å². The molecule has 0 aromatic carbocycles. The first-order chi connectivity index (χ1) is 8.38. The molecule has 1 unspecified atom stereocenters. The maximum Gasteiger partial charge on any atom is 0.234 e. The van der Waals surface area contributed by atoms with E-state index in [2.05, 4.69) is 10.6 Å². The number of allylic oxidation sites excluding steroid dienone is 1. The maximum absolute atomic E-state index is 10.9. The van der Waals surface area contributed by atoms with Gasteiger partial charge >= 0.3 is 0 Å². The van der Waals surface area contributed by atoms with Crippen molar-refractivity contribution in [1.82, 2.24) is 10.6 Å². The molecule has 2 rings (SSSR count). The number of imide groups is 2. The van der Waals surface area contributed by atoms with Crippen LogP contribution in [0.1, 0.15) is 33.1 Å². The van der Waals surface area contributed by atoms with Gasteiger partial charge in [-0.15, -0.1) is 0 Å². The van der Waals surface area contributed by atoms with Gasteiger partial charge in [0.05, 0.1) is 5.92 Å². The zero-order chi connectivity index (χ0) is 13.7. The van der Waals surface area contributed by atoms with Gasteiger partial charge in [0.1, 0.15) is 0 Å². The van der Waals surface area contributed by atoms with Gasteiger partial charge in [-0.05, 0) is 13.8 Å². The maximum atomic E-state index is 10.9. The Morgan fingerprint density at radius 1 is 1.00 bits per heavy atom. The summed E-state index contributed by atoms with van der Waals surface area (Å²) in [5.41, 5.74) is 1.07. The Hall–Kier alpha value is -1.98. The van der Waals surface area contributed by atoms with E-state index in [4.69, 9.17) is 0 Å². The quantitative estimate of drug-likeness (QED) is 0.509. The summed E-state index contributed by atoms with van der Waals surface area (Å²) in [6, 6.07) is 0. The van der Waals surface area contributed by atoms with Crippen LogP contribution in [0.2, 0.25) is 0 Å². The summed E-state index contributed by atoms with van der Waals surface area (Å²) < 4.78 is 0. The van der Waals surface area contributed by atoms with Gasteiger partial charge < -0.3 is 0 Å². The van der Waals surface area contributed by atoms with Crippen LogP contribution >= 0.6 is 0 Å². The molecular weight excluding hydrogens is 236 g/mol. The highest BCUT2D eigenvalue weighted by Crippen LogP contribution is 2.13. The molecule has 0 aromatic rings. The predicted molar refractivity (Wildman–Crippen MR) is 63.1 cm³/mol. The zero-order valence-electron chi connectivity index (χ0n) is 10.4. The summed E-state index contributed by atoms with van der Waals surface area (Å²) in [6.07, 6.45) is 2.88. The van der Waals surface area contributed by atoms with Crippen molar-refractivity contribution in [2.75, 3.05) is 0 Å². The number of amides is 4. The molecule has 6 nitrogen and oxygen atoms in total. The van der Waals surface area contributed by atoms with Crippen LogP contribution in [0.3, 0.4) is 0 Å². The second-order valence-electron chi connectivity index (χ2n) is 4.44. The molecule has 2 N–H and O–H groups in total. The average Bonchev–Trinajstić information content (AvgIpc) is 2.74. The van der Waals surface area contributed by atoms with Crippen LogP contribution in [-0.2, 0) is 19.2 Å². The molecular formula is C12H16N2O4. The third-order valence-corrected chi connectivity index (χ3v) is 2.40. The van der Waals surface area contributed by atoms with Crippen molar-refractivity contribution in [2.24, 2.45) is 5.92 Å². The fraction of sp³-hybridized carbons (Fsp3) is 0.500. The second kappa shape index (κ2) is 6.09. The summed E-state index contributed by atoms with van der Waals surface area (Å²) in [6.45, 7) is 3.83. The molecule has 2 aliphatic rings. The Morgan fingerprint density at radius 3 is 1.83 bits per heavy atom. The molecule has 0 saturated carbocycles. The lowest BCUT2D eigenvalue weighted by molar-refractivity contribution is -0.126. The highest BCUT2D eigenvalue weighted by atomic mass is 16.2. The third-order valence-electron chi connectivity index (χ3n) is 2.40. The van der Waals surface area contributed by atoms with Crippen molar-refractivity contribution < 1.29 is 19.2 Å². The minimum atomic E-state index is -0.229. The molecule has 0 aliphatic carbocycles. The van der Waals surface area contributed by atoms with Gasteiger partial charge in [-0.25, -0.2) is 0 Å². The van der Waals surface area contributed by atoms with Crippen molar-refractivity contribution in [3.05, 3.63) is 11.6 Å². The lowest BCUT2D eigenvalue weighted by Gasteiger charge is -1.97. The van der Waals surface area contributed by atoms with Crippen LogP contribution in [0.4, 0.5) is 0 Å². The van der Waals surface area contributed by atoms with Crippen molar-refractivity contribution in [2.45, 2.75) is 33.1 Å². The lowest BCUT2D eigenvalue weighted by Crippen LogP contribution is -2.21. The van der Waals surface area contributed by atoms with Gasteiger partial charge in [0.25, 0.3) is 0 Å². The minimum absolute atomic E-state index is 0.148.